The van der Waals surface area contributed by atoms with Crippen molar-refractivity contribution in [3.05, 3.63) is 72.3 Å². The molecular formula is C25H21N3O3S. The minimum absolute atomic E-state index is 0.0739. The van der Waals surface area contributed by atoms with E-state index in [1.54, 1.807) is 12.5 Å². The van der Waals surface area contributed by atoms with Crippen LogP contribution in [0, 0.1) is 0 Å². The molecule has 0 spiro atoms. The summed E-state index contributed by atoms with van der Waals surface area (Å²) in [5.74, 6) is 1.68. The number of aryl methyl sites for hydroxylation is 1. The molecular weight excluding hydrogens is 422 g/mol. The van der Waals surface area contributed by atoms with Crippen LogP contribution in [0.4, 0.5) is 0 Å². The predicted molar refractivity (Wildman–Crippen MR) is 124 cm³/mol. The minimum atomic E-state index is 0.0739. The third kappa shape index (κ3) is 3.20. The monoisotopic (exact) mass is 443 g/mol. The third-order valence-corrected chi connectivity index (χ3v) is 6.82. The van der Waals surface area contributed by atoms with E-state index in [-0.39, 0.29) is 11.7 Å². The van der Waals surface area contributed by atoms with Crippen LogP contribution in [0.15, 0.2) is 75.0 Å². The number of carbonyl (C=O) groups excluding carboxylic acids is 1. The molecule has 0 bridgehead atoms. The number of hydrogen-bond donors (Lipinski definition) is 1. The van der Waals surface area contributed by atoms with Crippen LogP contribution < -0.4 is 0 Å². The van der Waals surface area contributed by atoms with Gasteiger partial charge >= 0.3 is 0 Å². The highest BCUT2D eigenvalue weighted by atomic mass is 32.2. The van der Waals surface area contributed by atoms with Crippen molar-refractivity contribution in [2.24, 2.45) is 0 Å². The molecule has 0 fully saturated rings. The molecule has 0 atom stereocenters. The van der Waals surface area contributed by atoms with Gasteiger partial charge in [-0.1, -0.05) is 30.0 Å². The number of hydrogen-bond acceptors (Lipinski definition) is 5. The normalized spacial score (nSPS) is 13.5. The molecule has 0 radical (unpaired) electrons. The lowest BCUT2D eigenvalue weighted by atomic mass is 9.96. The molecule has 7 heteroatoms. The first-order valence-electron chi connectivity index (χ1n) is 10.7. The first kappa shape index (κ1) is 19.3. The molecule has 1 N–H and O–H groups in total. The summed E-state index contributed by atoms with van der Waals surface area (Å²) in [6.07, 6.45) is 7.54. The van der Waals surface area contributed by atoms with Crippen LogP contribution in [0.25, 0.3) is 33.8 Å². The fourth-order valence-electron chi connectivity index (χ4n) is 4.59. The number of aromatic amines is 1. The molecule has 0 amide bonds. The van der Waals surface area contributed by atoms with Crippen molar-refractivity contribution in [1.29, 1.82) is 0 Å². The van der Waals surface area contributed by atoms with Gasteiger partial charge in [-0.3, -0.25) is 9.36 Å². The lowest BCUT2D eigenvalue weighted by Crippen LogP contribution is -2.18. The van der Waals surface area contributed by atoms with E-state index in [0.717, 1.165) is 30.5 Å². The standard InChI is InChI=1S/C25H21N3O3S/c29-22(28-18-9-3-1-7-16(18)17-8-2-4-10-19(17)28)15-32-25-26-23(20-11-5-13-30-20)24(27-25)21-12-6-14-31-21/h1,3,5-7,9,11-14H,2,4,8,10,15H2,(H,26,27). The number of fused-ring (bicyclic) bond motifs is 3. The Kier molecular flexibility index (Phi) is 4.76. The van der Waals surface area contributed by atoms with Crippen molar-refractivity contribution in [1.82, 2.24) is 14.5 Å². The fraction of sp³-hybridized carbons (Fsp3) is 0.200. The lowest BCUT2D eigenvalue weighted by Gasteiger charge is -2.14. The van der Waals surface area contributed by atoms with Crippen molar-refractivity contribution in [2.75, 3.05) is 5.75 Å². The summed E-state index contributed by atoms with van der Waals surface area (Å²) in [6.45, 7) is 0. The summed E-state index contributed by atoms with van der Waals surface area (Å²) < 4.78 is 13.1. The van der Waals surface area contributed by atoms with Crippen LogP contribution in [-0.2, 0) is 12.8 Å². The Balaban J connectivity index is 1.32. The number of imidazole rings is 1. The molecule has 0 aliphatic heterocycles. The van der Waals surface area contributed by atoms with Crippen LogP contribution in [-0.4, -0.2) is 26.2 Å². The zero-order valence-electron chi connectivity index (χ0n) is 17.3. The Bertz CT molecular complexity index is 1340. The van der Waals surface area contributed by atoms with Gasteiger partial charge in [0.15, 0.2) is 16.7 Å². The molecule has 0 saturated carbocycles. The average Bonchev–Trinajstić information content (AvgIpc) is 3.62. The summed E-state index contributed by atoms with van der Waals surface area (Å²) in [5.41, 5.74) is 4.93. The number of para-hydroxylation sites is 1. The van der Waals surface area contributed by atoms with Crippen LogP contribution in [0.5, 0.6) is 0 Å². The third-order valence-electron chi connectivity index (χ3n) is 5.96. The maximum Gasteiger partial charge on any atom is 0.241 e. The van der Waals surface area contributed by atoms with Crippen molar-refractivity contribution >= 4 is 28.6 Å². The molecule has 4 aromatic heterocycles. The Labute approximate surface area is 188 Å². The number of benzene rings is 1. The molecule has 5 aromatic rings. The Morgan fingerprint density at radius 2 is 1.78 bits per heavy atom. The van der Waals surface area contributed by atoms with E-state index < -0.39 is 0 Å². The molecule has 160 valence electrons. The number of rotatable bonds is 5. The van der Waals surface area contributed by atoms with Crippen molar-refractivity contribution < 1.29 is 13.6 Å². The van der Waals surface area contributed by atoms with Gasteiger partial charge in [-0.2, -0.15) is 0 Å². The van der Waals surface area contributed by atoms with Crippen molar-refractivity contribution in [3.63, 3.8) is 0 Å². The Morgan fingerprint density at radius 1 is 1.00 bits per heavy atom. The summed E-state index contributed by atoms with van der Waals surface area (Å²) in [6, 6.07) is 15.6. The first-order chi connectivity index (χ1) is 15.8. The average molecular weight is 444 g/mol. The Morgan fingerprint density at radius 3 is 2.59 bits per heavy atom. The van der Waals surface area contributed by atoms with Crippen molar-refractivity contribution in [2.45, 2.75) is 30.8 Å². The molecule has 1 aliphatic rings. The van der Waals surface area contributed by atoms with Crippen LogP contribution >= 0.6 is 11.8 Å². The van der Waals surface area contributed by atoms with Gasteiger partial charge in [0.2, 0.25) is 5.91 Å². The predicted octanol–water partition coefficient (Wildman–Crippen LogP) is 6.20. The minimum Gasteiger partial charge on any atom is -0.463 e. The quantitative estimate of drug-likeness (QED) is 0.328. The summed E-state index contributed by atoms with van der Waals surface area (Å²) in [4.78, 5) is 21.4. The zero-order valence-corrected chi connectivity index (χ0v) is 18.2. The maximum atomic E-state index is 13.4. The summed E-state index contributed by atoms with van der Waals surface area (Å²) in [7, 11) is 0. The highest BCUT2D eigenvalue weighted by Crippen LogP contribution is 2.35. The number of H-pyrrole nitrogens is 1. The Hall–Kier alpha value is -3.45. The largest absolute Gasteiger partial charge is 0.463 e. The van der Waals surface area contributed by atoms with Crippen LogP contribution in [0.2, 0.25) is 0 Å². The van der Waals surface area contributed by atoms with Gasteiger partial charge in [-0.05, 0) is 61.6 Å². The molecule has 4 heterocycles. The van der Waals surface area contributed by atoms with Gasteiger partial charge in [-0.15, -0.1) is 0 Å². The summed E-state index contributed by atoms with van der Waals surface area (Å²) in [5, 5.41) is 1.86. The van der Waals surface area contributed by atoms with Gasteiger partial charge < -0.3 is 13.8 Å². The first-order valence-corrected chi connectivity index (χ1v) is 11.7. The zero-order chi connectivity index (χ0) is 21.5. The summed E-state index contributed by atoms with van der Waals surface area (Å²) >= 11 is 1.40. The topological polar surface area (TPSA) is 77.0 Å². The smallest absolute Gasteiger partial charge is 0.241 e. The second kappa shape index (κ2) is 7.91. The van der Waals surface area contributed by atoms with Gasteiger partial charge in [0.1, 0.15) is 11.4 Å². The number of aromatic nitrogens is 3. The van der Waals surface area contributed by atoms with E-state index in [1.807, 2.05) is 41.0 Å². The van der Waals surface area contributed by atoms with E-state index in [1.165, 1.54) is 34.8 Å². The van der Waals surface area contributed by atoms with Crippen molar-refractivity contribution in [3.8, 4) is 22.9 Å². The van der Waals surface area contributed by atoms with Crippen LogP contribution in [0.1, 0.15) is 28.9 Å². The highest BCUT2D eigenvalue weighted by molar-refractivity contribution is 7.99. The van der Waals surface area contributed by atoms with E-state index in [2.05, 4.69) is 17.1 Å². The number of carbonyl (C=O) groups is 1. The van der Waals surface area contributed by atoms with E-state index in [9.17, 15) is 4.79 Å². The van der Waals surface area contributed by atoms with Crippen LogP contribution in [0.3, 0.4) is 0 Å². The molecule has 32 heavy (non-hydrogen) atoms. The maximum absolute atomic E-state index is 13.4. The number of nitrogens with one attached hydrogen (secondary N) is 1. The highest BCUT2D eigenvalue weighted by Gasteiger charge is 2.24. The lowest BCUT2D eigenvalue weighted by molar-refractivity contribution is 0.0943. The SMILES string of the molecule is O=C(CSc1nc(-c2ccco2)c(-c2ccco2)[nH]1)n1c2c(c3ccccc31)CCCC2. The second-order valence-electron chi connectivity index (χ2n) is 7.89. The number of thioether (sulfide) groups is 1. The van der Waals surface area contributed by atoms with Gasteiger partial charge in [0, 0.05) is 11.1 Å². The molecule has 1 aliphatic carbocycles. The number of nitrogens with zero attached hydrogens (tertiary/aromatic N) is 2. The number of furan rings is 2. The molecule has 0 saturated heterocycles. The van der Waals surface area contributed by atoms with E-state index in [4.69, 9.17) is 13.8 Å². The molecule has 6 rings (SSSR count). The van der Waals surface area contributed by atoms with Gasteiger partial charge in [-0.25, -0.2) is 4.98 Å². The molecule has 1 aromatic carbocycles. The van der Waals surface area contributed by atoms with E-state index >= 15 is 0 Å². The fourth-order valence-corrected chi connectivity index (χ4v) is 5.30. The van der Waals surface area contributed by atoms with Gasteiger partial charge in [0.25, 0.3) is 0 Å². The molecule has 6 nitrogen and oxygen atoms in total. The van der Waals surface area contributed by atoms with E-state index in [0.29, 0.717) is 22.4 Å². The van der Waals surface area contributed by atoms with Gasteiger partial charge in [0.05, 0.1) is 23.8 Å². The molecule has 0 unspecified atom stereocenters. The second-order valence-corrected chi connectivity index (χ2v) is 8.85.